The summed E-state index contributed by atoms with van der Waals surface area (Å²) in [7, 11) is 0. The van der Waals surface area contributed by atoms with E-state index in [0.29, 0.717) is 0 Å². The van der Waals surface area contributed by atoms with Crippen LogP contribution in [0.25, 0.3) is 0 Å². The Morgan fingerprint density at radius 2 is 2.15 bits per heavy atom. The van der Waals surface area contributed by atoms with Crippen LogP contribution in [0.4, 0.5) is 14.6 Å². The van der Waals surface area contributed by atoms with Gasteiger partial charge in [0.25, 0.3) is 6.43 Å². The SMILES string of the molecule is NCc1c(C(F)F)cnc(N)c1Cl. The quantitative estimate of drug-likeness (QED) is 0.776. The van der Waals surface area contributed by atoms with Gasteiger partial charge in [0, 0.05) is 18.3 Å². The minimum atomic E-state index is -2.64. The molecule has 1 aromatic rings. The average Bonchev–Trinajstić information content (AvgIpc) is 2.09. The molecule has 0 fully saturated rings. The Bertz CT molecular complexity index is 317. The van der Waals surface area contributed by atoms with Crippen molar-refractivity contribution in [2.24, 2.45) is 5.73 Å². The van der Waals surface area contributed by atoms with Crippen molar-refractivity contribution in [3.8, 4) is 0 Å². The standard InChI is InChI=1S/C7H8ClF2N3/c8-5-3(1-11)4(6(9)10)2-13-7(5)12/h2,6H,1,11H2,(H2,12,13). The van der Waals surface area contributed by atoms with Gasteiger partial charge >= 0.3 is 0 Å². The van der Waals surface area contributed by atoms with Crippen molar-refractivity contribution in [1.29, 1.82) is 0 Å². The fourth-order valence-electron chi connectivity index (χ4n) is 0.951. The number of nitrogens with zero attached hydrogens (tertiary/aromatic N) is 1. The second-order valence-electron chi connectivity index (χ2n) is 2.40. The molecule has 1 rings (SSSR count). The van der Waals surface area contributed by atoms with Crippen molar-refractivity contribution >= 4 is 17.4 Å². The van der Waals surface area contributed by atoms with E-state index in [9.17, 15) is 8.78 Å². The van der Waals surface area contributed by atoms with Gasteiger partial charge < -0.3 is 11.5 Å². The summed E-state index contributed by atoms with van der Waals surface area (Å²) >= 11 is 5.64. The van der Waals surface area contributed by atoms with Crippen LogP contribution in [0.5, 0.6) is 0 Å². The Labute approximate surface area is 78.7 Å². The highest BCUT2D eigenvalue weighted by Gasteiger charge is 2.16. The van der Waals surface area contributed by atoms with Crippen molar-refractivity contribution in [3.63, 3.8) is 0 Å². The molecule has 0 saturated heterocycles. The Balaban J connectivity index is 3.30. The first-order valence-corrected chi connectivity index (χ1v) is 3.86. The van der Waals surface area contributed by atoms with E-state index in [0.717, 1.165) is 6.20 Å². The lowest BCUT2D eigenvalue weighted by Crippen LogP contribution is -2.06. The predicted molar refractivity (Wildman–Crippen MR) is 46.5 cm³/mol. The molecule has 0 unspecified atom stereocenters. The minimum absolute atomic E-state index is 0.0142. The maximum Gasteiger partial charge on any atom is 0.265 e. The zero-order valence-electron chi connectivity index (χ0n) is 6.60. The summed E-state index contributed by atoms with van der Waals surface area (Å²) in [5, 5.41) is 0.0142. The highest BCUT2D eigenvalue weighted by atomic mass is 35.5. The van der Waals surface area contributed by atoms with Crippen LogP contribution in [0.15, 0.2) is 6.20 Å². The molecule has 0 aliphatic rings. The van der Waals surface area contributed by atoms with Crippen LogP contribution >= 0.6 is 11.6 Å². The van der Waals surface area contributed by atoms with Crippen LogP contribution in [-0.4, -0.2) is 4.98 Å². The van der Waals surface area contributed by atoms with Crippen LogP contribution in [0, 0.1) is 0 Å². The molecule has 1 heterocycles. The van der Waals surface area contributed by atoms with Gasteiger partial charge in [-0.25, -0.2) is 13.8 Å². The van der Waals surface area contributed by atoms with Crippen LogP contribution < -0.4 is 11.5 Å². The fraction of sp³-hybridized carbons (Fsp3) is 0.286. The van der Waals surface area contributed by atoms with E-state index in [4.69, 9.17) is 23.1 Å². The lowest BCUT2D eigenvalue weighted by Gasteiger charge is -2.09. The molecule has 3 nitrogen and oxygen atoms in total. The third kappa shape index (κ3) is 1.87. The first kappa shape index (κ1) is 10.1. The minimum Gasteiger partial charge on any atom is -0.382 e. The summed E-state index contributed by atoms with van der Waals surface area (Å²) < 4.78 is 24.7. The van der Waals surface area contributed by atoms with E-state index in [-0.39, 0.29) is 28.5 Å². The molecule has 1 aromatic heterocycles. The zero-order chi connectivity index (χ0) is 10.0. The van der Waals surface area contributed by atoms with Crippen molar-refractivity contribution < 1.29 is 8.78 Å². The second kappa shape index (κ2) is 3.85. The Morgan fingerprint density at radius 1 is 1.54 bits per heavy atom. The van der Waals surface area contributed by atoms with Crippen LogP contribution in [0.3, 0.4) is 0 Å². The summed E-state index contributed by atoms with van der Waals surface area (Å²) in [6.45, 7) is -0.0781. The molecule has 0 atom stereocenters. The number of aromatic nitrogens is 1. The topological polar surface area (TPSA) is 64.9 Å². The lowest BCUT2D eigenvalue weighted by atomic mass is 10.1. The maximum atomic E-state index is 12.3. The zero-order valence-corrected chi connectivity index (χ0v) is 7.35. The predicted octanol–water partition coefficient (Wildman–Crippen LogP) is 1.71. The van der Waals surface area contributed by atoms with Gasteiger partial charge in [0.1, 0.15) is 5.82 Å². The van der Waals surface area contributed by atoms with Crippen molar-refractivity contribution in [2.45, 2.75) is 13.0 Å². The van der Waals surface area contributed by atoms with E-state index in [2.05, 4.69) is 4.98 Å². The molecule has 0 bridgehead atoms. The van der Waals surface area contributed by atoms with Crippen LogP contribution in [-0.2, 0) is 6.54 Å². The number of pyridine rings is 1. The summed E-state index contributed by atoms with van der Waals surface area (Å²) in [6.07, 6.45) is -1.64. The van der Waals surface area contributed by atoms with Gasteiger partial charge in [-0.15, -0.1) is 0 Å². The normalized spacial score (nSPS) is 10.8. The van der Waals surface area contributed by atoms with E-state index in [1.54, 1.807) is 0 Å². The van der Waals surface area contributed by atoms with Gasteiger partial charge in [0.2, 0.25) is 0 Å². The largest absolute Gasteiger partial charge is 0.382 e. The summed E-state index contributed by atoms with van der Waals surface area (Å²) in [4.78, 5) is 3.52. The molecule has 0 aliphatic carbocycles. The summed E-state index contributed by atoms with van der Waals surface area (Å²) in [5.74, 6) is 0.0199. The van der Waals surface area contributed by atoms with E-state index in [1.165, 1.54) is 0 Å². The van der Waals surface area contributed by atoms with E-state index < -0.39 is 6.43 Å². The summed E-state index contributed by atoms with van der Waals surface area (Å²) in [6, 6.07) is 0. The Kier molecular flexibility index (Phi) is 3.00. The number of halogens is 3. The molecule has 0 spiro atoms. The van der Waals surface area contributed by atoms with E-state index in [1.807, 2.05) is 0 Å². The third-order valence-corrected chi connectivity index (χ3v) is 2.04. The Morgan fingerprint density at radius 3 is 2.62 bits per heavy atom. The smallest absolute Gasteiger partial charge is 0.265 e. The molecule has 0 saturated carbocycles. The number of anilines is 1. The molecular weight excluding hydrogens is 200 g/mol. The van der Waals surface area contributed by atoms with Gasteiger partial charge in [-0.1, -0.05) is 11.6 Å². The third-order valence-electron chi connectivity index (χ3n) is 1.62. The molecule has 4 N–H and O–H groups in total. The highest BCUT2D eigenvalue weighted by Crippen LogP contribution is 2.30. The monoisotopic (exact) mass is 207 g/mol. The first-order chi connectivity index (χ1) is 6.07. The number of nitrogens with two attached hydrogens (primary N) is 2. The molecule has 6 heteroatoms. The number of rotatable bonds is 2. The van der Waals surface area contributed by atoms with Crippen LogP contribution in [0.1, 0.15) is 17.6 Å². The Hall–Kier alpha value is -0.940. The van der Waals surface area contributed by atoms with Crippen molar-refractivity contribution in [2.75, 3.05) is 5.73 Å². The second-order valence-corrected chi connectivity index (χ2v) is 2.77. The summed E-state index contributed by atoms with van der Waals surface area (Å²) in [5.41, 5.74) is 10.5. The number of hydrogen-bond donors (Lipinski definition) is 2. The maximum absolute atomic E-state index is 12.3. The highest BCUT2D eigenvalue weighted by molar-refractivity contribution is 6.33. The number of alkyl halides is 2. The van der Waals surface area contributed by atoms with E-state index >= 15 is 0 Å². The van der Waals surface area contributed by atoms with Gasteiger partial charge in [0.15, 0.2) is 0 Å². The fourth-order valence-corrected chi connectivity index (χ4v) is 1.19. The number of nitrogen functional groups attached to an aromatic ring is 1. The van der Waals surface area contributed by atoms with Gasteiger partial charge in [-0.3, -0.25) is 0 Å². The van der Waals surface area contributed by atoms with Gasteiger partial charge in [-0.05, 0) is 5.56 Å². The van der Waals surface area contributed by atoms with Crippen LogP contribution in [0.2, 0.25) is 5.02 Å². The van der Waals surface area contributed by atoms with Crippen molar-refractivity contribution in [3.05, 3.63) is 22.3 Å². The molecule has 72 valence electrons. The average molecular weight is 208 g/mol. The molecule has 0 aromatic carbocycles. The molecule has 0 amide bonds. The lowest BCUT2D eigenvalue weighted by molar-refractivity contribution is 0.150. The van der Waals surface area contributed by atoms with Gasteiger partial charge in [-0.2, -0.15) is 0 Å². The molecule has 0 aliphatic heterocycles. The molecular formula is C7H8ClF2N3. The molecule has 0 radical (unpaired) electrons. The molecule has 13 heavy (non-hydrogen) atoms. The van der Waals surface area contributed by atoms with Crippen molar-refractivity contribution in [1.82, 2.24) is 4.98 Å². The first-order valence-electron chi connectivity index (χ1n) is 3.49. The van der Waals surface area contributed by atoms with Gasteiger partial charge in [0.05, 0.1) is 5.02 Å². The number of hydrogen-bond acceptors (Lipinski definition) is 3.